The van der Waals surface area contributed by atoms with Crippen LogP contribution >= 0.6 is 0 Å². The predicted molar refractivity (Wildman–Crippen MR) is 143 cm³/mol. The third-order valence-corrected chi connectivity index (χ3v) is 6.93. The summed E-state index contributed by atoms with van der Waals surface area (Å²) in [5, 5.41) is 0.270. The summed E-state index contributed by atoms with van der Waals surface area (Å²) in [6.45, 7) is -0.236. The Bertz CT molecular complexity index is 1670. The Morgan fingerprint density at radius 1 is 0.947 bits per heavy atom. The molecule has 0 aliphatic rings. The molecule has 0 bridgehead atoms. The molecule has 13 heteroatoms. The minimum atomic E-state index is -3.61. The van der Waals surface area contributed by atoms with Crippen LogP contribution in [0.25, 0.3) is 33.7 Å². The zero-order chi connectivity index (χ0) is 27.4. The van der Waals surface area contributed by atoms with Crippen molar-refractivity contribution in [3.63, 3.8) is 0 Å². The van der Waals surface area contributed by atoms with Crippen molar-refractivity contribution in [2.75, 3.05) is 39.9 Å². The van der Waals surface area contributed by atoms with Crippen molar-refractivity contribution in [3.05, 3.63) is 58.9 Å². The molecule has 2 aromatic carbocycles. The Morgan fingerprint density at radius 3 is 2.32 bits per heavy atom. The van der Waals surface area contributed by atoms with E-state index >= 15 is 0 Å². The van der Waals surface area contributed by atoms with E-state index < -0.39 is 26.5 Å². The molecule has 200 valence electrons. The van der Waals surface area contributed by atoms with Crippen molar-refractivity contribution in [3.8, 4) is 40.0 Å². The molecule has 11 nitrogen and oxygen atoms in total. The first-order valence-corrected chi connectivity index (χ1v) is 14.6. The number of pyridine rings is 1. The van der Waals surface area contributed by atoms with Crippen LogP contribution in [0.1, 0.15) is 0 Å². The number of hydrogen-bond acceptors (Lipinski definition) is 10. The molecule has 0 amide bonds. The Kier molecular flexibility index (Phi) is 8.09. The number of fused-ring (bicyclic) bond motifs is 1. The van der Waals surface area contributed by atoms with Gasteiger partial charge < -0.3 is 19.2 Å². The molecule has 0 radical (unpaired) electrons. The molecular weight excluding hydrogens is 534 g/mol. The molecule has 0 saturated carbocycles. The molecule has 0 spiro atoms. The first-order chi connectivity index (χ1) is 18.1. The number of methoxy groups -OCH3 is 2. The van der Waals surface area contributed by atoms with Gasteiger partial charge >= 0.3 is 0 Å². The highest BCUT2D eigenvalue weighted by Crippen LogP contribution is 2.32. The normalized spacial score (nSPS) is 12.3. The number of nitrogens with zero attached hydrogens (tertiary/aromatic N) is 2. The van der Waals surface area contributed by atoms with Gasteiger partial charge in [-0.1, -0.05) is 12.1 Å². The quantitative estimate of drug-likeness (QED) is 0.227. The van der Waals surface area contributed by atoms with Gasteiger partial charge in [-0.15, -0.1) is 0 Å². The fourth-order valence-electron chi connectivity index (χ4n) is 3.65. The van der Waals surface area contributed by atoms with Crippen molar-refractivity contribution in [2.24, 2.45) is 0 Å². The average Bonchev–Trinajstić information content (AvgIpc) is 2.89. The lowest BCUT2D eigenvalue weighted by molar-refractivity contribution is 0.222. The van der Waals surface area contributed by atoms with Crippen LogP contribution in [0.4, 0.5) is 0 Å². The van der Waals surface area contributed by atoms with Crippen LogP contribution in [0.15, 0.2) is 58.2 Å². The van der Waals surface area contributed by atoms with Gasteiger partial charge in [-0.05, 0) is 24.3 Å². The summed E-state index contributed by atoms with van der Waals surface area (Å²) in [4.78, 5) is 25.6. The number of aromatic amines is 1. The summed E-state index contributed by atoms with van der Waals surface area (Å²) in [5.41, 5.74) is 1.34. The van der Waals surface area contributed by atoms with Crippen molar-refractivity contribution in [2.45, 2.75) is 4.90 Å². The Balaban J connectivity index is 1.79. The second-order valence-corrected chi connectivity index (χ2v) is 11.1. The van der Waals surface area contributed by atoms with Gasteiger partial charge in [0.1, 0.15) is 47.2 Å². The van der Waals surface area contributed by atoms with Gasteiger partial charge in [-0.25, -0.2) is 9.97 Å². The highest BCUT2D eigenvalue weighted by molar-refractivity contribution is 7.86. The van der Waals surface area contributed by atoms with Crippen LogP contribution in [0, 0.1) is 0 Å². The van der Waals surface area contributed by atoms with Gasteiger partial charge in [0.05, 0.1) is 26.0 Å². The maximum Gasteiger partial charge on any atom is 0.264 e. The number of rotatable bonds is 10. The van der Waals surface area contributed by atoms with Crippen LogP contribution < -0.4 is 19.8 Å². The van der Waals surface area contributed by atoms with Crippen LogP contribution in [0.5, 0.6) is 17.2 Å². The molecule has 4 aromatic rings. The fourth-order valence-corrected chi connectivity index (χ4v) is 4.54. The van der Waals surface area contributed by atoms with Gasteiger partial charge in [-0.2, -0.15) is 8.42 Å². The SMILES string of the molecule is COc1cc(OC)c2c(=O)[nH]c(-c3ccc(OCCOS(C)(=O)=O)c(-c4ccc(S(C)=O)cc4)n3)nc2c1. The van der Waals surface area contributed by atoms with Crippen LogP contribution in [0.2, 0.25) is 0 Å². The number of benzene rings is 2. The summed E-state index contributed by atoms with van der Waals surface area (Å²) in [7, 11) is -1.82. The lowest BCUT2D eigenvalue weighted by atomic mass is 10.1. The number of nitrogens with one attached hydrogen (secondary N) is 1. The highest BCUT2D eigenvalue weighted by atomic mass is 32.2. The molecule has 1 unspecified atom stereocenters. The second kappa shape index (κ2) is 11.3. The summed E-state index contributed by atoms with van der Waals surface area (Å²) in [5.74, 6) is 1.35. The molecule has 1 N–H and O–H groups in total. The van der Waals surface area contributed by atoms with E-state index in [0.29, 0.717) is 44.6 Å². The number of hydrogen-bond donors (Lipinski definition) is 1. The lowest BCUT2D eigenvalue weighted by Crippen LogP contribution is -2.13. The van der Waals surface area contributed by atoms with Gasteiger partial charge in [0.2, 0.25) is 0 Å². The molecule has 0 saturated heterocycles. The summed E-state index contributed by atoms with van der Waals surface area (Å²) >= 11 is 0. The zero-order valence-electron chi connectivity index (χ0n) is 21.0. The van der Waals surface area contributed by atoms with E-state index in [1.54, 1.807) is 54.8 Å². The van der Waals surface area contributed by atoms with E-state index in [-0.39, 0.29) is 24.4 Å². The molecule has 4 rings (SSSR count). The van der Waals surface area contributed by atoms with E-state index in [1.807, 2.05) is 0 Å². The molecule has 2 aromatic heterocycles. The molecule has 1 atom stereocenters. The van der Waals surface area contributed by atoms with Crippen molar-refractivity contribution in [1.82, 2.24) is 15.0 Å². The lowest BCUT2D eigenvalue weighted by Gasteiger charge is -2.13. The summed E-state index contributed by atoms with van der Waals surface area (Å²) < 4.78 is 55.5. The molecule has 0 fully saturated rings. The number of ether oxygens (including phenoxy) is 3. The van der Waals surface area contributed by atoms with E-state index in [9.17, 15) is 17.4 Å². The largest absolute Gasteiger partial charge is 0.497 e. The van der Waals surface area contributed by atoms with E-state index in [1.165, 1.54) is 14.2 Å². The number of H-pyrrole nitrogens is 1. The van der Waals surface area contributed by atoms with E-state index in [2.05, 4.69) is 9.97 Å². The molecular formula is C25H25N3O8S2. The van der Waals surface area contributed by atoms with Crippen molar-refractivity contribution >= 4 is 31.8 Å². The maximum atomic E-state index is 13.0. The Hall–Kier alpha value is -3.81. The van der Waals surface area contributed by atoms with Gasteiger partial charge in [-0.3, -0.25) is 13.2 Å². The van der Waals surface area contributed by atoms with E-state index in [4.69, 9.17) is 23.4 Å². The molecule has 2 heterocycles. The fraction of sp³-hybridized carbons (Fsp3) is 0.240. The molecule has 38 heavy (non-hydrogen) atoms. The molecule has 0 aliphatic carbocycles. The van der Waals surface area contributed by atoms with Crippen LogP contribution in [-0.2, 0) is 25.1 Å². The molecule has 0 aliphatic heterocycles. The number of aromatic nitrogens is 3. The minimum absolute atomic E-state index is 0.0528. The zero-order valence-corrected chi connectivity index (χ0v) is 22.6. The summed E-state index contributed by atoms with van der Waals surface area (Å²) in [6.07, 6.45) is 2.53. The third-order valence-electron chi connectivity index (χ3n) is 5.40. The van der Waals surface area contributed by atoms with Gasteiger partial charge in [0.15, 0.2) is 5.82 Å². The van der Waals surface area contributed by atoms with E-state index in [0.717, 1.165) is 6.26 Å². The predicted octanol–water partition coefficient (Wildman–Crippen LogP) is 2.76. The average molecular weight is 560 g/mol. The maximum absolute atomic E-state index is 13.0. The third kappa shape index (κ3) is 6.18. The first kappa shape index (κ1) is 27.2. The second-order valence-electron chi connectivity index (χ2n) is 8.03. The standard InChI is InChI=1S/C25H25N3O8S2/c1-33-16-13-19-22(21(14-16)34-2)25(29)28-24(27-19)18-9-10-20(35-11-12-36-38(4,31)32)23(26-18)15-5-7-17(8-6-15)37(3)30/h5-10,13-14H,11-12H2,1-4H3,(H,27,28,29). The highest BCUT2D eigenvalue weighted by Gasteiger charge is 2.17. The minimum Gasteiger partial charge on any atom is -0.497 e. The van der Waals surface area contributed by atoms with Gasteiger partial charge in [0, 0.05) is 39.6 Å². The Morgan fingerprint density at radius 2 is 1.68 bits per heavy atom. The van der Waals surface area contributed by atoms with Crippen molar-refractivity contribution < 1.29 is 31.0 Å². The first-order valence-electron chi connectivity index (χ1n) is 11.2. The summed E-state index contributed by atoms with van der Waals surface area (Å²) in [6, 6.07) is 13.4. The Labute approximate surface area is 221 Å². The van der Waals surface area contributed by atoms with Crippen molar-refractivity contribution in [1.29, 1.82) is 0 Å². The topological polar surface area (TPSA) is 147 Å². The van der Waals surface area contributed by atoms with Crippen LogP contribution in [0.3, 0.4) is 0 Å². The van der Waals surface area contributed by atoms with Crippen LogP contribution in [-0.4, -0.2) is 67.5 Å². The monoisotopic (exact) mass is 559 g/mol. The smallest absolute Gasteiger partial charge is 0.264 e. The van der Waals surface area contributed by atoms with Gasteiger partial charge in [0.25, 0.3) is 15.7 Å².